The topological polar surface area (TPSA) is 181 Å². The number of ether oxygens (including phenoxy) is 4. The first-order valence-electron chi connectivity index (χ1n) is 14.6. The summed E-state index contributed by atoms with van der Waals surface area (Å²) in [5.74, 6) is -1.66. The Morgan fingerprint density at radius 2 is 1.77 bits per heavy atom. The number of primary amides is 1. The van der Waals surface area contributed by atoms with Gasteiger partial charge in [-0.05, 0) is 44.6 Å². The highest BCUT2D eigenvalue weighted by Crippen LogP contribution is 2.31. The van der Waals surface area contributed by atoms with Crippen LogP contribution in [-0.2, 0) is 33.3 Å². The van der Waals surface area contributed by atoms with Gasteiger partial charge in [0.15, 0.2) is 6.10 Å². The molecule has 0 spiro atoms. The lowest BCUT2D eigenvalue weighted by Crippen LogP contribution is -2.42. The van der Waals surface area contributed by atoms with Gasteiger partial charge in [-0.15, -0.1) is 0 Å². The van der Waals surface area contributed by atoms with Crippen LogP contribution >= 0.6 is 0 Å². The van der Waals surface area contributed by atoms with E-state index in [0.29, 0.717) is 48.3 Å². The second-order valence-electron chi connectivity index (χ2n) is 11.3. The molecule has 2 rings (SSSR count). The Kier molecular flexibility index (Phi) is 14.0. The maximum absolute atomic E-state index is 12.9. The van der Waals surface area contributed by atoms with Crippen LogP contribution in [0, 0.1) is 11.8 Å². The molecule has 0 aromatic heterocycles. The number of rotatable bonds is 16. The molecule has 12 nitrogen and oxygen atoms in total. The van der Waals surface area contributed by atoms with Crippen molar-refractivity contribution in [2.24, 2.45) is 23.3 Å². The predicted octanol–water partition coefficient (Wildman–Crippen LogP) is 2.47. The monoisotopic (exact) mass is 617 g/mol. The average molecular weight is 618 g/mol. The Bertz CT molecular complexity index is 1230. The largest absolute Gasteiger partial charge is 0.466 e. The number of aliphatic hydroxyl groups excluding tert-OH is 1. The number of esters is 1. The van der Waals surface area contributed by atoms with Crippen LogP contribution in [0.5, 0.6) is 0 Å². The number of likely N-dealkylation sites (tertiary alicyclic amines) is 1. The molecule has 0 unspecified atom stereocenters. The van der Waals surface area contributed by atoms with Gasteiger partial charge in [0.05, 0.1) is 30.7 Å². The molecule has 1 aliphatic carbocycles. The van der Waals surface area contributed by atoms with Crippen LogP contribution < -0.4 is 11.5 Å². The Balaban J connectivity index is 2.20. The minimum absolute atomic E-state index is 0.0643. The SMILES string of the molecule is COC(=O)/C(C)=C/C=C\[C@H](OC)[C@@H](OC(N)=O)/C(C)=C/[C@H](C)[C@@H](O)[C@H](C[C@H](C)CC1=C(N2CCC2)C(=O)C=C(N)C1=O)OC. The van der Waals surface area contributed by atoms with Gasteiger partial charge in [-0.3, -0.25) is 9.59 Å². The molecule has 0 aromatic carbocycles. The fourth-order valence-electron chi connectivity index (χ4n) is 5.32. The molecule has 0 aromatic rings. The fourth-order valence-corrected chi connectivity index (χ4v) is 5.32. The summed E-state index contributed by atoms with van der Waals surface area (Å²) in [5.41, 5.74) is 12.9. The number of amides is 1. The number of hydrogen-bond acceptors (Lipinski definition) is 11. The van der Waals surface area contributed by atoms with Crippen LogP contribution in [0.1, 0.15) is 47.0 Å². The number of nitrogens with two attached hydrogens (primary N) is 2. The summed E-state index contributed by atoms with van der Waals surface area (Å²) in [6.45, 7) is 8.48. The second kappa shape index (κ2) is 16.9. The number of nitrogens with zero attached hydrogens (tertiary/aromatic N) is 1. The standard InChI is InChI=1S/C32H47N3O9/c1-18(14-22-27(35-12-9-13-35)24(36)17-23(33)29(22)38)15-26(42-6)28(37)20(3)16-21(4)30(44-32(34)40)25(41-5)11-8-10-19(2)31(39)43-7/h8,10-11,16-18,20,25-26,28,30,37H,9,12-15,33H2,1-7H3,(H2,34,40)/b11-8-,19-10+,21-16+/t18-,20+,25+,26+,28-,30+/m1/s1. The van der Waals surface area contributed by atoms with E-state index in [2.05, 4.69) is 4.74 Å². The third-order valence-corrected chi connectivity index (χ3v) is 7.87. The van der Waals surface area contributed by atoms with Crippen molar-refractivity contribution in [3.63, 3.8) is 0 Å². The molecule has 2 aliphatic rings. The van der Waals surface area contributed by atoms with Crippen LogP contribution in [0.25, 0.3) is 0 Å². The maximum Gasteiger partial charge on any atom is 0.405 e. The summed E-state index contributed by atoms with van der Waals surface area (Å²) in [7, 11) is 4.22. The summed E-state index contributed by atoms with van der Waals surface area (Å²) in [4.78, 5) is 51.0. The van der Waals surface area contributed by atoms with Gasteiger partial charge in [0.2, 0.25) is 11.6 Å². The van der Waals surface area contributed by atoms with Gasteiger partial charge < -0.3 is 40.4 Å². The molecule has 1 saturated heterocycles. The van der Waals surface area contributed by atoms with Crippen molar-refractivity contribution in [2.75, 3.05) is 34.4 Å². The van der Waals surface area contributed by atoms with Crippen LogP contribution in [0.3, 0.4) is 0 Å². The van der Waals surface area contributed by atoms with E-state index in [1.807, 2.05) is 11.8 Å². The number of carbonyl (C=O) groups is 4. The highest BCUT2D eigenvalue weighted by Gasteiger charge is 2.35. The van der Waals surface area contributed by atoms with Crippen molar-refractivity contribution in [1.82, 2.24) is 4.90 Å². The first-order valence-corrected chi connectivity index (χ1v) is 14.6. The van der Waals surface area contributed by atoms with E-state index in [4.69, 9.17) is 25.7 Å². The van der Waals surface area contributed by atoms with E-state index in [0.717, 1.165) is 6.42 Å². The van der Waals surface area contributed by atoms with E-state index in [1.165, 1.54) is 27.4 Å². The maximum atomic E-state index is 12.9. The molecule has 6 atom stereocenters. The van der Waals surface area contributed by atoms with Crippen LogP contribution in [0.2, 0.25) is 0 Å². The van der Waals surface area contributed by atoms with Crippen molar-refractivity contribution < 1.29 is 43.2 Å². The van der Waals surface area contributed by atoms with Gasteiger partial charge >= 0.3 is 12.1 Å². The smallest absolute Gasteiger partial charge is 0.405 e. The number of allylic oxidation sites excluding steroid dienone is 4. The van der Waals surface area contributed by atoms with Gasteiger partial charge in [0.25, 0.3) is 0 Å². The molecule has 5 N–H and O–H groups in total. The lowest BCUT2D eigenvalue weighted by Gasteiger charge is -2.37. The quantitative estimate of drug-likeness (QED) is 0.0761. The molecule has 0 bridgehead atoms. The highest BCUT2D eigenvalue weighted by molar-refractivity contribution is 6.22. The van der Waals surface area contributed by atoms with E-state index >= 15 is 0 Å². The number of aliphatic hydroxyl groups is 1. The number of ketones is 2. The third kappa shape index (κ3) is 9.63. The summed E-state index contributed by atoms with van der Waals surface area (Å²) < 4.78 is 21.3. The van der Waals surface area contributed by atoms with Gasteiger partial charge in [-0.2, -0.15) is 0 Å². The molecular weight excluding hydrogens is 570 g/mol. The summed E-state index contributed by atoms with van der Waals surface area (Å²) in [5, 5.41) is 11.3. The summed E-state index contributed by atoms with van der Waals surface area (Å²) in [6, 6.07) is 0. The lowest BCUT2D eigenvalue weighted by molar-refractivity contribution is -0.136. The minimum atomic E-state index is -1.01. The Morgan fingerprint density at radius 1 is 1.11 bits per heavy atom. The van der Waals surface area contributed by atoms with Crippen LogP contribution in [0.4, 0.5) is 4.79 Å². The van der Waals surface area contributed by atoms with Gasteiger partial charge in [0, 0.05) is 50.4 Å². The van der Waals surface area contributed by atoms with E-state index < -0.39 is 42.4 Å². The van der Waals surface area contributed by atoms with Gasteiger partial charge in [-0.25, -0.2) is 9.59 Å². The van der Waals surface area contributed by atoms with Crippen molar-refractivity contribution in [2.45, 2.75) is 71.4 Å². The van der Waals surface area contributed by atoms with Crippen molar-refractivity contribution >= 4 is 23.6 Å². The first-order chi connectivity index (χ1) is 20.7. The molecule has 12 heteroatoms. The molecule has 244 valence electrons. The summed E-state index contributed by atoms with van der Waals surface area (Å²) in [6.07, 6.45) is 5.08. The molecule has 44 heavy (non-hydrogen) atoms. The molecule has 1 heterocycles. The molecule has 1 fully saturated rings. The number of hydrogen-bond donors (Lipinski definition) is 3. The Labute approximate surface area is 259 Å². The van der Waals surface area contributed by atoms with Crippen LogP contribution in [0.15, 0.2) is 58.5 Å². The highest BCUT2D eigenvalue weighted by atomic mass is 16.6. The minimum Gasteiger partial charge on any atom is -0.466 e. The first kappa shape index (κ1) is 36.5. The zero-order chi connectivity index (χ0) is 33.1. The van der Waals surface area contributed by atoms with Crippen LogP contribution in [-0.4, -0.2) is 92.5 Å². The number of carbonyl (C=O) groups excluding carboxylic acids is 4. The molecule has 1 aliphatic heterocycles. The molecule has 0 saturated carbocycles. The Hall–Kier alpha value is -3.74. The fraction of sp³-hybridized carbons (Fsp3) is 0.562. The lowest BCUT2D eigenvalue weighted by atomic mass is 9.84. The second-order valence-corrected chi connectivity index (χ2v) is 11.3. The zero-order valence-electron chi connectivity index (χ0n) is 26.7. The van der Waals surface area contributed by atoms with Gasteiger partial charge in [0.1, 0.15) is 6.10 Å². The van der Waals surface area contributed by atoms with Gasteiger partial charge in [-0.1, -0.05) is 38.2 Å². The Morgan fingerprint density at radius 3 is 2.30 bits per heavy atom. The van der Waals surface area contributed by atoms with E-state index in [1.54, 1.807) is 45.1 Å². The van der Waals surface area contributed by atoms with E-state index in [9.17, 15) is 24.3 Å². The van der Waals surface area contributed by atoms with Crippen molar-refractivity contribution in [1.29, 1.82) is 0 Å². The number of Topliss-reactive ketones (excluding diaryl/α,β-unsaturated/α-hetero) is 1. The molecule has 0 radical (unpaired) electrons. The molecule has 1 amide bonds. The van der Waals surface area contributed by atoms with E-state index in [-0.39, 0.29) is 23.2 Å². The normalized spacial score (nSPS) is 20.5. The number of methoxy groups -OCH3 is 3. The predicted molar refractivity (Wildman–Crippen MR) is 164 cm³/mol. The summed E-state index contributed by atoms with van der Waals surface area (Å²) >= 11 is 0. The third-order valence-electron chi connectivity index (χ3n) is 7.87. The zero-order valence-corrected chi connectivity index (χ0v) is 26.7. The molecular formula is C32H47N3O9. The van der Waals surface area contributed by atoms with Crippen molar-refractivity contribution in [3.8, 4) is 0 Å². The van der Waals surface area contributed by atoms with Crippen molar-refractivity contribution in [3.05, 3.63) is 58.5 Å². The average Bonchev–Trinajstić information content (AvgIpc) is 2.95.